The van der Waals surface area contributed by atoms with Gasteiger partial charge >= 0.3 is 0 Å². The van der Waals surface area contributed by atoms with E-state index < -0.39 is 0 Å². The number of nitrogens with zero attached hydrogens (tertiary/aromatic N) is 1. The van der Waals surface area contributed by atoms with E-state index in [0.717, 1.165) is 16.6 Å². The molecule has 0 aliphatic carbocycles. The van der Waals surface area contributed by atoms with Crippen molar-refractivity contribution in [2.24, 2.45) is 0 Å². The van der Waals surface area contributed by atoms with Crippen LogP contribution in [0.1, 0.15) is 11.4 Å². The zero-order chi connectivity index (χ0) is 13.4. The van der Waals surface area contributed by atoms with Crippen LogP contribution in [0.2, 0.25) is 5.02 Å². The van der Waals surface area contributed by atoms with E-state index in [1.165, 1.54) is 0 Å². The van der Waals surface area contributed by atoms with Crippen molar-refractivity contribution in [1.29, 1.82) is 0 Å². The number of anilines is 1. The fraction of sp³-hybridized carbons (Fsp3) is 0. The van der Waals surface area contributed by atoms with Crippen molar-refractivity contribution in [3.63, 3.8) is 0 Å². The number of nitrogen functional groups attached to an aromatic ring is 1. The number of aromatic amines is 1. The van der Waals surface area contributed by atoms with Crippen LogP contribution in [0.4, 0.5) is 5.69 Å². The molecular weight excluding hydrogens is 278 g/mol. The average molecular weight is 288 g/mol. The molecule has 1 heterocycles. The number of para-hydroxylation sites is 2. The van der Waals surface area contributed by atoms with Crippen LogP contribution in [0.3, 0.4) is 0 Å². The molecule has 3 nitrogen and oxygen atoms in total. The average Bonchev–Trinajstić information content (AvgIpc) is 2.84. The minimum Gasteiger partial charge on any atom is -0.398 e. The van der Waals surface area contributed by atoms with Gasteiger partial charge in [0.1, 0.15) is 5.82 Å². The van der Waals surface area contributed by atoms with Gasteiger partial charge in [0, 0.05) is 16.3 Å². The first-order valence-corrected chi connectivity index (χ1v) is 6.48. The predicted molar refractivity (Wildman–Crippen MR) is 82.8 cm³/mol. The lowest BCUT2D eigenvalue weighted by molar-refractivity contribution is 1.30. The SMILES string of the molecule is Nc1ccc(Cl)cc1C(=S)c1nc2ccccc2[nH]1. The van der Waals surface area contributed by atoms with Crippen LogP contribution < -0.4 is 5.73 Å². The van der Waals surface area contributed by atoms with Gasteiger partial charge in [-0.25, -0.2) is 4.98 Å². The van der Waals surface area contributed by atoms with Crippen molar-refractivity contribution in [3.05, 3.63) is 58.9 Å². The molecule has 0 unspecified atom stereocenters. The standard InChI is InChI=1S/C14H10ClN3S/c15-8-5-6-10(16)9(7-8)13(19)14-17-11-3-1-2-4-12(11)18-14/h1-7H,16H2,(H,17,18). The van der Waals surface area contributed by atoms with E-state index in [2.05, 4.69) is 9.97 Å². The number of benzene rings is 2. The number of fused-ring (bicyclic) bond motifs is 1. The van der Waals surface area contributed by atoms with Gasteiger partial charge in [0.2, 0.25) is 0 Å². The Bertz CT molecular complexity index is 746. The van der Waals surface area contributed by atoms with Crippen LogP contribution in [0, 0.1) is 0 Å². The highest BCUT2D eigenvalue weighted by Crippen LogP contribution is 2.22. The highest BCUT2D eigenvalue weighted by molar-refractivity contribution is 7.81. The molecule has 0 bridgehead atoms. The van der Waals surface area contributed by atoms with Crippen LogP contribution in [-0.2, 0) is 0 Å². The summed E-state index contributed by atoms with van der Waals surface area (Å²) in [4.78, 5) is 8.22. The summed E-state index contributed by atoms with van der Waals surface area (Å²) in [5, 5.41) is 0.600. The van der Waals surface area contributed by atoms with Gasteiger partial charge in [-0.15, -0.1) is 0 Å². The third-order valence-electron chi connectivity index (χ3n) is 2.86. The molecule has 3 N–H and O–H groups in total. The molecule has 2 aromatic carbocycles. The molecule has 0 spiro atoms. The summed E-state index contributed by atoms with van der Waals surface area (Å²) in [6.45, 7) is 0. The fourth-order valence-corrected chi connectivity index (χ4v) is 2.36. The number of hydrogen-bond donors (Lipinski definition) is 2. The summed E-state index contributed by atoms with van der Waals surface area (Å²) >= 11 is 11.4. The highest BCUT2D eigenvalue weighted by Gasteiger charge is 2.12. The number of thiocarbonyl (C=S) groups is 1. The Hall–Kier alpha value is -1.91. The number of nitrogens with one attached hydrogen (secondary N) is 1. The Morgan fingerprint density at radius 1 is 1.21 bits per heavy atom. The van der Waals surface area contributed by atoms with Crippen molar-refractivity contribution >= 4 is 45.4 Å². The van der Waals surface area contributed by atoms with Crippen molar-refractivity contribution in [3.8, 4) is 0 Å². The summed E-state index contributed by atoms with van der Waals surface area (Å²) in [6, 6.07) is 13.0. The number of imidazole rings is 1. The second kappa shape index (κ2) is 4.64. The fourth-order valence-electron chi connectivity index (χ4n) is 1.91. The Kier molecular flexibility index (Phi) is 2.97. The maximum Gasteiger partial charge on any atom is 0.150 e. The molecule has 0 aliphatic heterocycles. The largest absolute Gasteiger partial charge is 0.398 e. The molecule has 94 valence electrons. The minimum absolute atomic E-state index is 0.566. The van der Waals surface area contributed by atoms with Crippen molar-refractivity contribution in [1.82, 2.24) is 9.97 Å². The third-order valence-corrected chi connectivity index (χ3v) is 3.51. The summed E-state index contributed by atoms with van der Waals surface area (Å²) in [5.74, 6) is 0.630. The van der Waals surface area contributed by atoms with Crippen LogP contribution in [0.5, 0.6) is 0 Å². The number of rotatable bonds is 2. The zero-order valence-electron chi connectivity index (χ0n) is 9.85. The maximum absolute atomic E-state index is 5.98. The Labute approximate surface area is 120 Å². The van der Waals surface area contributed by atoms with Gasteiger partial charge in [-0.05, 0) is 30.3 Å². The van der Waals surface area contributed by atoms with Gasteiger partial charge in [-0.3, -0.25) is 0 Å². The topological polar surface area (TPSA) is 54.7 Å². The molecular formula is C14H10ClN3S. The van der Waals surface area contributed by atoms with E-state index in [1.54, 1.807) is 18.2 Å². The van der Waals surface area contributed by atoms with Gasteiger partial charge < -0.3 is 10.7 Å². The maximum atomic E-state index is 5.98. The first-order valence-electron chi connectivity index (χ1n) is 5.69. The lowest BCUT2D eigenvalue weighted by Gasteiger charge is -2.05. The first kappa shape index (κ1) is 12.1. The monoisotopic (exact) mass is 287 g/mol. The molecule has 0 amide bonds. The summed E-state index contributed by atoms with van der Waals surface area (Å²) in [5.41, 5.74) is 9.07. The molecule has 19 heavy (non-hydrogen) atoms. The lowest BCUT2D eigenvalue weighted by Crippen LogP contribution is -2.05. The Morgan fingerprint density at radius 3 is 2.79 bits per heavy atom. The minimum atomic E-state index is 0.566. The van der Waals surface area contributed by atoms with E-state index in [-0.39, 0.29) is 0 Å². The molecule has 0 saturated carbocycles. The van der Waals surface area contributed by atoms with Gasteiger partial charge in [0.05, 0.1) is 15.9 Å². The van der Waals surface area contributed by atoms with Gasteiger partial charge in [-0.2, -0.15) is 0 Å². The van der Waals surface area contributed by atoms with Gasteiger partial charge in [-0.1, -0.05) is 36.0 Å². The molecule has 5 heteroatoms. The smallest absolute Gasteiger partial charge is 0.150 e. The van der Waals surface area contributed by atoms with Crippen LogP contribution >= 0.6 is 23.8 Å². The summed E-state index contributed by atoms with van der Waals surface area (Å²) in [7, 11) is 0. The molecule has 3 rings (SSSR count). The summed E-state index contributed by atoms with van der Waals surface area (Å²) < 4.78 is 0. The second-order valence-electron chi connectivity index (χ2n) is 4.16. The van der Waals surface area contributed by atoms with E-state index in [4.69, 9.17) is 29.6 Å². The van der Waals surface area contributed by atoms with Crippen LogP contribution in [-0.4, -0.2) is 14.8 Å². The van der Waals surface area contributed by atoms with Crippen molar-refractivity contribution in [2.45, 2.75) is 0 Å². The van der Waals surface area contributed by atoms with E-state index >= 15 is 0 Å². The van der Waals surface area contributed by atoms with E-state index in [1.807, 2.05) is 24.3 Å². The second-order valence-corrected chi connectivity index (χ2v) is 5.01. The highest BCUT2D eigenvalue weighted by atomic mass is 35.5. The predicted octanol–water partition coefficient (Wildman–Crippen LogP) is 3.56. The summed E-state index contributed by atoms with van der Waals surface area (Å²) in [6.07, 6.45) is 0. The van der Waals surface area contributed by atoms with Crippen LogP contribution in [0.25, 0.3) is 11.0 Å². The normalized spacial score (nSPS) is 10.8. The number of hydrogen-bond acceptors (Lipinski definition) is 3. The Balaban J connectivity index is 2.10. The van der Waals surface area contributed by atoms with Gasteiger partial charge in [0.25, 0.3) is 0 Å². The molecule has 0 radical (unpaired) electrons. The van der Waals surface area contributed by atoms with Crippen molar-refractivity contribution in [2.75, 3.05) is 5.73 Å². The van der Waals surface area contributed by atoms with E-state index in [0.29, 0.717) is 21.4 Å². The first-order chi connectivity index (χ1) is 9.15. The number of nitrogens with two attached hydrogens (primary N) is 1. The molecule has 1 aromatic heterocycles. The molecule has 0 aliphatic rings. The molecule has 0 atom stereocenters. The number of H-pyrrole nitrogens is 1. The van der Waals surface area contributed by atoms with Gasteiger partial charge in [0.15, 0.2) is 0 Å². The van der Waals surface area contributed by atoms with Crippen molar-refractivity contribution < 1.29 is 0 Å². The molecule has 3 aromatic rings. The lowest BCUT2D eigenvalue weighted by atomic mass is 10.1. The molecule has 0 fully saturated rings. The molecule has 0 saturated heterocycles. The number of halogens is 1. The third kappa shape index (κ3) is 2.20. The van der Waals surface area contributed by atoms with E-state index in [9.17, 15) is 0 Å². The Morgan fingerprint density at radius 2 is 2.00 bits per heavy atom. The quantitative estimate of drug-likeness (QED) is 0.430. The van der Waals surface area contributed by atoms with Crippen LogP contribution in [0.15, 0.2) is 42.5 Å². The number of aromatic nitrogens is 2. The zero-order valence-corrected chi connectivity index (χ0v) is 11.4.